The first-order valence-corrected chi connectivity index (χ1v) is 8.27. The van der Waals surface area contributed by atoms with Gasteiger partial charge in [0, 0.05) is 19.2 Å². The molecular formula is C19H23NO4. The van der Waals surface area contributed by atoms with Crippen LogP contribution in [0.25, 0.3) is 0 Å². The van der Waals surface area contributed by atoms with Gasteiger partial charge in [0.25, 0.3) is 0 Å². The maximum Gasteiger partial charge on any atom is 0.164 e. The van der Waals surface area contributed by atoms with E-state index in [1.165, 1.54) is 0 Å². The average Bonchev–Trinajstić information content (AvgIpc) is 2.63. The van der Waals surface area contributed by atoms with Crippen molar-refractivity contribution in [3.8, 4) is 17.2 Å². The van der Waals surface area contributed by atoms with E-state index < -0.39 is 0 Å². The molecular weight excluding hydrogens is 306 g/mol. The molecule has 0 unspecified atom stereocenters. The molecule has 0 radical (unpaired) electrons. The number of aromatic hydroxyl groups is 1. The maximum atomic E-state index is 9.69. The lowest BCUT2D eigenvalue weighted by atomic mass is 10.0. The van der Waals surface area contributed by atoms with Gasteiger partial charge in [0.2, 0.25) is 0 Å². The summed E-state index contributed by atoms with van der Waals surface area (Å²) >= 11 is 0. The summed E-state index contributed by atoms with van der Waals surface area (Å²) in [5, 5.41) is 13.0. The summed E-state index contributed by atoms with van der Waals surface area (Å²) in [7, 11) is 0. The van der Waals surface area contributed by atoms with E-state index in [0.717, 1.165) is 18.7 Å². The molecule has 3 rings (SSSR count). The Bertz CT molecular complexity index is 641. The van der Waals surface area contributed by atoms with Gasteiger partial charge in [-0.25, -0.2) is 0 Å². The van der Waals surface area contributed by atoms with Crippen LogP contribution in [0.5, 0.6) is 17.2 Å². The van der Waals surface area contributed by atoms with Crippen molar-refractivity contribution in [1.29, 1.82) is 0 Å². The molecule has 5 nitrogen and oxygen atoms in total. The van der Waals surface area contributed by atoms with Crippen LogP contribution in [0.2, 0.25) is 0 Å². The molecule has 0 saturated carbocycles. The third-order valence-electron chi connectivity index (χ3n) is 3.90. The first kappa shape index (κ1) is 16.6. The fraction of sp³-hybridized carbons (Fsp3) is 0.368. The Morgan fingerprint density at radius 1 is 1.21 bits per heavy atom. The van der Waals surface area contributed by atoms with Crippen molar-refractivity contribution in [3.63, 3.8) is 0 Å². The molecule has 128 valence electrons. The molecule has 2 aromatic carbocycles. The van der Waals surface area contributed by atoms with Crippen LogP contribution >= 0.6 is 0 Å². The molecule has 5 heteroatoms. The summed E-state index contributed by atoms with van der Waals surface area (Å²) < 4.78 is 17.8. The van der Waals surface area contributed by atoms with Crippen LogP contribution in [-0.4, -0.2) is 37.5 Å². The zero-order valence-electron chi connectivity index (χ0n) is 13.8. The number of phenols is 1. The molecule has 1 aliphatic rings. The smallest absolute Gasteiger partial charge is 0.164 e. The predicted octanol–water partition coefficient (Wildman–Crippen LogP) is 2.90. The van der Waals surface area contributed by atoms with Crippen molar-refractivity contribution >= 4 is 0 Å². The van der Waals surface area contributed by atoms with Gasteiger partial charge in [-0.15, -0.1) is 0 Å². The highest BCUT2D eigenvalue weighted by Gasteiger charge is 2.28. The predicted molar refractivity (Wildman–Crippen MR) is 91.7 cm³/mol. The van der Waals surface area contributed by atoms with Crippen LogP contribution in [0.1, 0.15) is 18.6 Å². The van der Waals surface area contributed by atoms with Crippen molar-refractivity contribution in [2.75, 3.05) is 26.3 Å². The summed E-state index contributed by atoms with van der Waals surface area (Å²) in [5.74, 6) is 1.28. The molecule has 0 aliphatic carbocycles. The first-order valence-electron chi connectivity index (χ1n) is 8.27. The normalized spacial score (nSPS) is 18.8. The van der Waals surface area contributed by atoms with Gasteiger partial charge < -0.3 is 24.6 Å². The van der Waals surface area contributed by atoms with Crippen LogP contribution in [0.4, 0.5) is 0 Å². The zero-order chi connectivity index (χ0) is 16.8. The molecule has 2 N–H and O–H groups in total. The van der Waals surface area contributed by atoms with E-state index in [1.54, 1.807) is 18.2 Å². The SMILES string of the molecule is CCOc1cc(O)ccc1O[C@H](c1ccccc1)[C@H]1CNCCO1. The van der Waals surface area contributed by atoms with E-state index in [2.05, 4.69) is 5.32 Å². The fourth-order valence-electron chi connectivity index (χ4n) is 2.78. The lowest BCUT2D eigenvalue weighted by Gasteiger charge is -2.32. The monoisotopic (exact) mass is 329 g/mol. The highest BCUT2D eigenvalue weighted by molar-refractivity contribution is 5.45. The molecule has 1 aliphatic heterocycles. The van der Waals surface area contributed by atoms with Gasteiger partial charge in [-0.2, -0.15) is 0 Å². The zero-order valence-corrected chi connectivity index (χ0v) is 13.8. The molecule has 0 spiro atoms. The molecule has 0 amide bonds. The van der Waals surface area contributed by atoms with Crippen molar-refractivity contribution in [2.45, 2.75) is 19.1 Å². The van der Waals surface area contributed by atoms with Gasteiger partial charge >= 0.3 is 0 Å². The van der Waals surface area contributed by atoms with Crippen LogP contribution in [0, 0.1) is 0 Å². The molecule has 1 saturated heterocycles. The second-order valence-corrected chi connectivity index (χ2v) is 5.63. The number of nitrogens with one attached hydrogen (secondary N) is 1. The second kappa shape index (κ2) is 8.04. The quantitative estimate of drug-likeness (QED) is 0.853. The highest BCUT2D eigenvalue weighted by atomic mass is 16.6. The lowest BCUT2D eigenvalue weighted by molar-refractivity contribution is -0.0439. The van der Waals surface area contributed by atoms with E-state index in [4.69, 9.17) is 14.2 Å². The first-order chi connectivity index (χ1) is 11.8. The summed E-state index contributed by atoms with van der Waals surface area (Å²) in [5.41, 5.74) is 1.04. The van der Waals surface area contributed by atoms with Crippen LogP contribution < -0.4 is 14.8 Å². The third-order valence-corrected chi connectivity index (χ3v) is 3.90. The summed E-state index contributed by atoms with van der Waals surface area (Å²) in [4.78, 5) is 0. The van der Waals surface area contributed by atoms with Gasteiger partial charge in [0.15, 0.2) is 17.6 Å². The fourth-order valence-corrected chi connectivity index (χ4v) is 2.78. The summed E-state index contributed by atoms with van der Waals surface area (Å²) in [6.45, 7) is 4.63. The average molecular weight is 329 g/mol. The second-order valence-electron chi connectivity index (χ2n) is 5.63. The van der Waals surface area contributed by atoms with Crippen molar-refractivity contribution < 1.29 is 19.3 Å². The van der Waals surface area contributed by atoms with E-state index in [-0.39, 0.29) is 18.0 Å². The van der Waals surface area contributed by atoms with Gasteiger partial charge in [-0.05, 0) is 24.6 Å². The summed E-state index contributed by atoms with van der Waals surface area (Å²) in [6.07, 6.45) is -0.354. The Labute approximate surface area is 142 Å². The van der Waals surface area contributed by atoms with Crippen LogP contribution in [0.3, 0.4) is 0 Å². The largest absolute Gasteiger partial charge is 0.508 e. The number of hydrogen-bond acceptors (Lipinski definition) is 5. The van der Waals surface area contributed by atoms with Crippen molar-refractivity contribution in [1.82, 2.24) is 5.32 Å². The van der Waals surface area contributed by atoms with Gasteiger partial charge in [0.05, 0.1) is 13.2 Å². The standard InChI is InChI=1S/C19H23NO4/c1-2-22-17-12-15(21)8-9-16(17)24-19(14-6-4-3-5-7-14)18-13-20-10-11-23-18/h3-9,12,18-21H,2,10-11,13H2,1H3/t18-,19-/m1/s1. The Morgan fingerprint density at radius 3 is 2.75 bits per heavy atom. The Balaban J connectivity index is 1.89. The third kappa shape index (κ3) is 3.99. The number of morpholine rings is 1. The Hall–Kier alpha value is -2.24. The van der Waals surface area contributed by atoms with Crippen LogP contribution in [-0.2, 0) is 4.74 Å². The molecule has 2 atom stereocenters. The van der Waals surface area contributed by atoms with E-state index in [1.807, 2.05) is 37.3 Å². The molecule has 24 heavy (non-hydrogen) atoms. The minimum atomic E-state index is -0.261. The number of hydrogen-bond donors (Lipinski definition) is 2. The maximum absolute atomic E-state index is 9.69. The minimum Gasteiger partial charge on any atom is -0.508 e. The van der Waals surface area contributed by atoms with E-state index >= 15 is 0 Å². The molecule has 0 bridgehead atoms. The number of phenolic OH excluding ortho intramolecular Hbond substituents is 1. The number of rotatable bonds is 6. The van der Waals surface area contributed by atoms with Crippen molar-refractivity contribution in [2.24, 2.45) is 0 Å². The van der Waals surface area contributed by atoms with Crippen LogP contribution in [0.15, 0.2) is 48.5 Å². The topological polar surface area (TPSA) is 60.0 Å². The van der Waals surface area contributed by atoms with Gasteiger partial charge in [-0.3, -0.25) is 0 Å². The van der Waals surface area contributed by atoms with Gasteiger partial charge in [-0.1, -0.05) is 30.3 Å². The van der Waals surface area contributed by atoms with Crippen molar-refractivity contribution in [3.05, 3.63) is 54.1 Å². The van der Waals surface area contributed by atoms with Gasteiger partial charge in [0.1, 0.15) is 11.9 Å². The lowest BCUT2D eigenvalue weighted by Crippen LogP contribution is -2.43. The van der Waals surface area contributed by atoms with E-state index in [0.29, 0.717) is 24.7 Å². The molecule has 1 heterocycles. The number of ether oxygens (including phenoxy) is 3. The molecule has 2 aromatic rings. The minimum absolute atomic E-state index is 0.0931. The summed E-state index contributed by atoms with van der Waals surface area (Å²) in [6, 6.07) is 14.9. The Morgan fingerprint density at radius 2 is 2.04 bits per heavy atom. The molecule has 1 fully saturated rings. The Kier molecular flexibility index (Phi) is 5.56. The molecule has 0 aromatic heterocycles. The highest BCUT2D eigenvalue weighted by Crippen LogP contribution is 2.36. The van der Waals surface area contributed by atoms with E-state index in [9.17, 15) is 5.11 Å². The number of benzene rings is 2.